The zero-order valence-electron chi connectivity index (χ0n) is 9.05. The fourth-order valence-electron chi connectivity index (χ4n) is 1.32. The molecule has 0 aliphatic carbocycles. The number of rotatable bonds is 4. The summed E-state index contributed by atoms with van der Waals surface area (Å²) in [6, 6.07) is 6.87. The molecule has 1 atom stereocenters. The molecular formula is C11H10ClN3OS. The van der Waals surface area contributed by atoms with E-state index in [1.807, 2.05) is 6.92 Å². The summed E-state index contributed by atoms with van der Waals surface area (Å²) in [4.78, 5) is 16.0. The van der Waals surface area contributed by atoms with Crippen LogP contribution < -0.4 is 0 Å². The van der Waals surface area contributed by atoms with Crippen molar-refractivity contribution in [3.05, 3.63) is 41.2 Å². The van der Waals surface area contributed by atoms with Crippen LogP contribution in [0.5, 0.6) is 0 Å². The van der Waals surface area contributed by atoms with Crippen molar-refractivity contribution in [2.75, 3.05) is 0 Å². The number of halogens is 1. The average molecular weight is 268 g/mol. The first-order valence-electron chi connectivity index (χ1n) is 4.98. The maximum Gasteiger partial charge on any atom is 0.184 e. The molecule has 1 aromatic carbocycles. The molecule has 1 unspecified atom stereocenters. The molecule has 0 radical (unpaired) electrons. The van der Waals surface area contributed by atoms with E-state index in [9.17, 15) is 4.79 Å². The van der Waals surface area contributed by atoms with Gasteiger partial charge in [0.05, 0.1) is 5.25 Å². The van der Waals surface area contributed by atoms with Gasteiger partial charge < -0.3 is 0 Å². The maximum absolute atomic E-state index is 12.1. The van der Waals surface area contributed by atoms with Gasteiger partial charge in [-0.25, -0.2) is 4.98 Å². The van der Waals surface area contributed by atoms with E-state index < -0.39 is 0 Å². The minimum absolute atomic E-state index is 0.0445. The first-order valence-corrected chi connectivity index (χ1v) is 6.24. The molecule has 2 aromatic rings. The third-order valence-corrected chi connectivity index (χ3v) is 3.42. The Labute approximate surface area is 108 Å². The summed E-state index contributed by atoms with van der Waals surface area (Å²) < 4.78 is 0. The lowest BCUT2D eigenvalue weighted by Crippen LogP contribution is -2.13. The van der Waals surface area contributed by atoms with Gasteiger partial charge in [0.15, 0.2) is 10.9 Å². The first kappa shape index (κ1) is 12.1. The second-order valence-electron chi connectivity index (χ2n) is 3.42. The number of carbonyl (C=O) groups excluding carboxylic acids is 1. The van der Waals surface area contributed by atoms with Gasteiger partial charge in [-0.05, 0) is 31.2 Å². The zero-order valence-corrected chi connectivity index (χ0v) is 10.6. The topological polar surface area (TPSA) is 58.6 Å². The molecule has 1 N–H and O–H groups in total. The monoisotopic (exact) mass is 267 g/mol. The highest BCUT2D eigenvalue weighted by atomic mass is 35.5. The van der Waals surface area contributed by atoms with E-state index in [1.54, 1.807) is 24.3 Å². The zero-order chi connectivity index (χ0) is 12.3. The number of hydrogen-bond donors (Lipinski definition) is 1. The molecule has 0 saturated heterocycles. The van der Waals surface area contributed by atoms with Gasteiger partial charge in [-0.2, -0.15) is 5.10 Å². The van der Waals surface area contributed by atoms with Gasteiger partial charge >= 0.3 is 0 Å². The number of Topliss-reactive ketones (excluding diaryl/α,β-unsaturated/α-hetero) is 1. The van der Waals surface area contributed by atoms with Crippen LogP contribution in [0.3, 0.4) is 0 Å². The second kappa shape index (κ2) is 5.33. The predicted molar refractivity (Wildman–Crippen MR) is 67.5 cm³/mol. The van der Waals surface area contributed by atoms with Crippen LogP contribution >= 0.6 is 23.4 Å². The molecular weight excluding hydrogens is 258 g/mol. The van der Waals surface area contributed by atoms with Crippen molar-refractivity contribution in [1.82, 2.24) is 15.2 Å². The van der Waals surface area contributed by atoms with Gasteiger partial charge in [-0.3, -0.25) is 9.89 Å². The summed E-state index contributed by atoms with van der Waals surface area (Å²) >= 11 is 7.12. The highest BCUT2D eigenvalue weighted by molar-refractivity contribution is 8.00. The Kier molecular flexibility index (Phi) is 3.81. The highest BCUT2D eigenvalue weighted by Crippen LogP contribution is 2.22. The molecule has 0 spiro atoms. The van der Waals surface area contributed by atoms with Crippen molar-refractivity contribution < 1.29 is 4.79 Å². The van der Waals surface area contributed by atoms with Crippen LogP contribution in [-0.4, -0.2) is 26.2 Å². The Morgan fingerprint density at radius 3 is 2.71 bits per heavy atom. The molecule has 0 aliphatic rings. The molecule has 1 heterocycles. The molecule has 1 aromatic heterocycles. The highest BCUT2D eigenvalue weighted by Gasteiger charge is 2.17. The number of benzene rings is 1. The molecule has 6 heteroatoms. The lowest BCUT2D eigenvalue weighted by atomic mass is 10.1. The number of aromatic amines is 1. The Balaban J connectivity index is 2.07. The molecule has 0 amide bonds. The van der Waals surface area contributed by atoms with Gasteiger partial charge in [0.1, 0.15) is 6.33 Å². The largest absolute Gasteiger partial charge is 0.293 e. The molecule has 0 bridgehead atoms. The van der Waals surface area contributed by atoms with Crippen molar-refractivity contribution >= 4 is 29.1 Å². The van der Waals surface area contributed by atoms with E-state index in [4.69, 9.17) is 11.6 Å². The minimum atomic E-state index is -0.218. The van der Waals surface area contributed by atoms with Crippen molar-refractivity contribution in [1.29, 1.82) is 0 Å². The van der Waals surface area contributed by atoms with Gasteiger partial charge in [-0.15, -0.1) is 0 Å². The Bertz CT molecular complexity index is 498. The van der Waals surface area contributed by atoms with Crippen LogP contribution in [0.25, 0.3) is 0 Å². The van der Waals surface area contributed by atoms with Crippen LogP contribution in [0.4, 0.5) is 0 Å². The summed E-state index contributed by atoms with van der Waals surface area (Å²) in [6.07, 6.45) is 1.42. The third-order valence-electron chi connectivity index (χ3n) is 2.18. The fourth-order valence-corrected chi connectivity index (χ4v) is 2.24. The van der Waals surface area contributed by atoms with Gasteiger partial charge in [0.2, 0.25) is 0 Å². The number of nitrogens with zero attached hydrogens (tertiary/aromatic N) is 2. The molecule has 88 valence electrons. The van der Waals surface area contributed by atoms with Crippen LogP contribution in [0.15, 0.2) is 35.7 Å². The SMILES string of the molecule is CC(Sc1ncn[nH]1)C(=O)c1ccc(Cl)cc1. The van der Waals surface area contributed by atoms with Gasteiger partial charge in [0, 0.05) is 10.6 Å². The smallest absolute Gasteiger partial charge is 0.184 e. The van der Waals surface area contributed by atoms with Crippen molar-refractivity contribution in [3.63, 3.8) is 0 Å². The summed E-state index contributed by atoms with van der Waals surface area (Å²) in [5, 5.41) is 7.49. The number of H-pyrrole nitrogens is 1. The van der Waals surface area contributed by atoms with Gasteiger partial charge in [0.25, 0.3) is 0 Å². The molecule has 0 aliphatic heterocycles. The molecule has 0 fully saturated rings. The number of carbonyl (C=O) groups is 1. The minimum Gasteiger partial charge on any atom is -0.293 e. The Morgan fingerprint density at radius 1 is 1.41 bits per heavy atom. The van der Waals surface area contributed by atoms with E-state index >= 15 is 0 Å². The molecule has 0 saturated carbocycles. The lowest BCUT2D eigenvalue weighted by Gasteiger charge is -2.07. The number of hydrogen-bond acceptors (Lipinski definition) is 4. The number of aromatic nitrogens is 3. The van der Waals surface area contributed by atoms with Crippen LogP contribution in [-0.2, 0) is 0 Å². The molecule has 4 nitrogen and oxygen atoms in total. The van der Waals surface area contributed by atoms with Gasteiger partial charge in [-0.1, -0.05) is 23.4 Å². The molecule has 2 rings (SSSR count). The predicted octanol–water partition coefficient (Wildman–Crippen LogP) is 2.82. The van der Waals surface area contributed by atoms with E-state index in [-0.39, 0.29) is 11.0 Å². The number of thioether (sulfide) groups is 1. The van der Waals surface area contributed by atoms with E-state index in [0.29, 0.717) is 15.7 Å². The molecule has 17 heavy (non-hydrogen) atoms. The summed E-state index contributed by atoms with van der Waals surface area (Å²) in [7, 11) is 0. The summed E-state index contributed by atoms with van der Waals surface area (Å²) in [6.45, 7) is 1.84. The Morgan fingerprint density at radius 2 is 2.12 bits per heavy atom. The normalized spacial score (nSPS) is 12.4. The first-order chi connectivity index (χ1) is 8.16. The lowest BCUT2D eigenvalue weighted by molar-refractivity contribution is 0.0994. The summed E-state index contributed by atoms with van der Waals surface area (Å²) in [5.74, 6) is 0.0445. The van der Waals surface area contributed by atoms with Crippen molar-refractivity contribution in [3.8, 4) is 0 Å². The van der Waals surface area contributed by atoms with Crippen LogP contribution in [0.1, 0.15) is 17.3 Å². The quantitative estimate of drug-likeness (QED) is 0.684. The maximum atomic E-state index is 12.1. The number of nitrogens with one attached hydrogen (secondary N) is 1. The van der Waals surface area contributed by atoms with E-state index in [1.165, 1.54) is 18.1 Å². The van der Waals surface area contributed by atoms with Crippen LogP contribution in [0, 0.1) is 0 Å². The van der Waals surface area contributed by atoms with Crippen molar-refractivity contribution in [2.45, 2.75) is 17.3 Å². The number of ketones is 1. The second-order valence-corrected chi connectivity index (χ2v) is 5.19. The van der Waals surface area contributed by atoms with Crippen molar-refractivity contribution in [2.24, 2.45) is 0 Å². The van der Waals surface area contributed by atoms with Crippen LogP contribution in [0.2, 0.25) is 5.02 Å². The summed E-state index contributed by atoms with van der Waals surface area (Å²) in [5.41, 5.74) is 0.647. The fraction of sp³-hybridized carbons (Fsp3) is 0.182. The Hall–Kier alpha value is -1.33. The van der Waals surface area contributed by atoms with E-state index in [2.05, 4.69) is 15.2 Å². The standard InChI is InChI=1S/C11H10ClN3OS/c1-7(17-11-13-6-14-15-11)10(16)8-2-4-9(12)5-3-8/h2-7H,1H3,(H,13,14,15). The average Bonchev–Trinajstić information content (AvgIpc) is 2.82. The van der Waals surface area contributed by atoms with E-state index in [0.717, 1.165) is 0 Å². The third kappa shape index (κ3) is 3.08.